The Bertz CT molecular complexity index is 1020. The Morgan fingerprint density at radius 2 is 1.93 bits per heavy atom. The van der Waals surface area contributed by atoms with E-state index in [1.807, 2.05) is 53.1 Å². The second-order valence-electron chi connectivity index (χ2n) is 6.81. The number of nitrogens with one attached hydrogen (secondary N) is 1. The van der Waals surface area contributed by atoms with Crippen LogP contribution in [0.2, 0.25) is 0 Å². The first-order valence-corrected chi connectivity index (χ1v) is 10.5. The van der Waals surface area contributed by atoms with Gasteiger partial charge in [-0.25, -0.2) is 4.98 Å². The van der Waals surface area contributed by atoms with E-state index in [2.05, 4.69) is 29.4 Å². The van der Waals surface area contributed by atoms with Gasteiger partial charge in [0.15, 0.2) is 0 Å². The Morgan fingerprint density at radius 3 is 2.68 bits per heavy atom. The van der Waals surface area contributed by atoms with Gasteiger partial charge in [0.05, 0.1) is 12.8 Å². The summed E-state index contributed by atoms with van der Waals surface area (Å²) in [4.78, 5) is 19.7. The molecule has 1 saturated heterocycles. The quantitative estimate of drug-likeness (QED) is 0.708. The van der Waals surface area contributed by atoms with Crippen LogP contribution in [0, 0.1) is 6.92 Å². The van der Waals surface area contributed by atoms with E-state index in [9.17, 15) is 4.79 Å². The highest BCUT2D eigenvalue weighted by Gasteiger charge is 2.22. The average Bonchev–Trinajstić information content (AvgIpc) is 2.73. The van der Waals surface area contributed by atoms with Crippen LogP contribution in [0.4, 0.5) is 11.4 Å². The van der Waals surface area contributed by atoms with Crippen molar-refractivity contribution >= 4 is 39.9 Å². The highest BCUT2D eigenvalue weighted by molar-refractivity contribution is 7.99. The van der Waals surface area contributed by atoms with E-state index in [0.29, 0.717) is 17.0 Å². The van der Waals surface area contributed by atoms with Crippen molar-refractivity contribution < 1.29 is 9.53 Å². The molecule has 3 aromatic rings. The fourth-order valence-electron chi connectivity index (χ4n) is 3.41. The molecule has 6 heteroatoms. The molecule has 2 aromatic carbocycles. The number of nitrogens with zero attached hydrogens (tertiary/aromatic N) is 2. The summed E-state index contributed by atoms with van der Waals surface area (Å²) in [7, 11) is 1.63. The number of hydrogen-bond acceptors (Lipinski definition) is 5. The van der Waals surface area contributed by atoms with Gasteiger partial charge in [-0.2, -0.15) is 11.8 Å². The lowest BCUT2D eigenvalue weighted by atomic mass is 10.1. The maximum Gasteiger partial charge on any atom is 0.272 e. The van der Waals surface area contributed by atoms with Crippen molar-refractivity contribution in [3.8, 4) is 5.75 Å². The number of carbonyl (C=O) groups is 1. The average molecular weight is 394 g/mol. The summed E-state index contributed by atoms with van der Waals surface area (Å²) in [6.07, 6.45) is 0. The van der Waals surface area contributed by atoms with E-state index in [4.69, 9.17) is 4.74 Å². The number of benzene rings is 2. The van der Waals surface area contributed by atoms with Gasteiger partial charge < -0.3 is 15.0 Å². The molecule has 0 unspecified atom stereocenters. The third-order valence-corrected chi connectivity index (χ3v) is 5.78. The Hall–Kier alpha value is -2.73. The predicted molar refractivity (Wildman–Crippen MR) is 116 cm³/mol. The molecule has 2 heterocycles. The lowest BCUT2D eigenvalue weighted by molar-refractivity contribution is 0.0767. The van der Waals surface area contributed by atoms with E-state index in [-0.39, 0.29) is 5.91 Å². The van der Waals surface area contributed by atoms with Crippen molar-refractivity contribution in [2.45, 2.75) is 6.92 Å². The molecule has 1 aliphatic heterocycles. The van der Waals surface area contributed by atoms with Crippen LogP contribution < -0.4 is 10.1 Å². The van der Waals surface area contributed by atoms with Crippen LogP contribution in [0.25, 0.3) is 10.9 Å². The molecular weight excluding hydrogens is 370 g/mol. The molecule has 0 spiro atoms. The molecule has 0 bridgehead atoms. The van der Waals surface area contributed by atoms with Gasteiger partial charge in [-0.05, 0) is 36.8 Å². The smallest absolute Gasteiger partial charge is 0.272 e. The summed E-state index contributed by atoms with van der Waals surface area (Å²) >= 11 is 1.88. The highest BCUT2D eigenvalue weighted by Crippen LogP contribution is 2.32. The summed E-state index contributed by atoms with van der Waals surface area (Å²) < 4.78 is 5.51. The molecule has 5 nitrogen and oxygen atoms in total. The maximum absolute atomic E-state index is 13.1. The largest absolute Gasteiger partial charge is 0.494 e. The van der Waals surface area contributed by atoms with Crippen LogP contribution in [0.1, 0.15) is 16.1 Å². The van der Waals surface area contributed by atoms with E-state index in [1.54, 1.807) is 7.11 Å². The molecule has 28 heavy (non-hydrogen) atoms. The molecule has 4 rings (SSSR count). The molecule has 1 N–H and O–H groups in total. The monoisotopic (exact) mass is 393 g/mol. The van der Waals surface area contributed by atoms with Crippen LogP contribution in [-0.2, 0) is 0 Å². The third-order valence-electron chi connectivity index (χ3n) is 4.84. The minimum atomic E-state index is -0.0274. The Labute approximate surface area is 169 Å². The third kappa shape index (κ3) is 3.78. The summed E-state index contributed by atoms with van der Waals surface area (Å²) in [5.74, 6) is 2.57. The fraction of sp³-hybridized carbons (Fsp3) is 0.273. The Morgan fingerprint density at radius 1 is 1.14 bits per heavy atom. The summed E-state index contributed by atoms with van der Waals surface area (Å²) in [6, 6.07) is 15.8. The highest BCUT2D eigenvalue weighted by atomic mass is 32.2. The number of hydrogen-bond donors (Lipinski definition) is 1. The first kappa shape index (κ1) is 18.6. The summed E-state index contributed by atoms with van der Waals surface area (Å²) in [5.41, 5.74) is 4.13. The van der Waals surface area contributed by atoms with Crippen molar-refractivity contribution in [2.24, 2.45) is 0 Å². The predicted octanol–water partition coefficient (Wildman–Crippen LogP) is 4.48. The van der Waals surface area contributed by atoms with E-state index in [0.717, 1.165) is 41.4 Å². The van der Waals surface area contributed by atoms with Crippen LogP contribution in [0.5, 0.6) is 5.75 Å². The SMILES string of the molecule is COc1cccc2c(Nc3cccc(C)c3)cc(C(=O)N3CCSCC3)nc12. The number of anilines is 2. The number of ether oxygens (including phenoxy) is 1. The lowest BCUT2D eigenvalue weighted by Crippen LogP contribution is -2.38. The molecule has 1 aromatic heterocycles. The van der Waals surface area contributed by atoms with E-state index < -0.39 is 0 Å². The van der Waals surface area contributed by atoms with Gasteiger partial charge in [-0.15, -0.1) is 0 Å². The normalized spacial score (nSPS) is 14.1. The molecule has 0 atom stereocenters. The topological polar surface area (TPSA) is 54.5 Å². The van der Waals surface area contributed by atoms with Crippen LogP contribution in [0.15, 0.2) is 48.5 Å². The first-order valence-electron chi connectivity index (χ1n) is 9.34. The van der Waals surface area contributed by atoms with Crippen LogP contribution >= 0.6 is 11.8 Å². The Kier molecular flexibility index (Phi) is 5.39. The second kappa shape index (κ2) is 8.10. The van der Waals surface area contributed by atoms with E-state index in [1.165, 1.54) is 5.56 Å². The number of rotatable bonds is 4. The number of para-hydroxylation sites is 1. The summed E-state index contributed by atoms with van der Waals surface area (Å²) in [5, 5.41) is 4.39. The number of methoxy groups -OCH3 is 1. The van der Waals surface area contributed by atoms with Crippen molar-refractivity contribution in [3.63, 3.8) is 0 Å². The van der Waals surface area contributed by atoms with Crippen molar-refractivity contribution in [3.05, 3.63) is 59.8 Å². The first-order chi connectivity index (χ1) is 13.7. The van der Waals surface area contributed by atoms with Gasteiger partial charge in [-0.3, -0.25) is 4.79 Å². The molecule has 1 amide bonds. The second-order valence-corrected chi connectivity index (χ2v) is 8.04. The zero-order valence-electron chi connectivity index (χ0n) is 16.1. The van der Waals surface area contributed by atoms with Crippen molar-refractivity contribution in [1.29, 1.82) is 0 Å². The van der Waals surface area contributed by atoms with Gasteiger partial charge in [-0.1, -0.05) is 24.3 Å². The van der Waals surface area contributed by atoms with Crippen LogP contribution in [-0.4, -0.2) is 47.5 Å². The van der Waals surface area contributed by atoms with Crippen molar-refractivity contribution in [2.75, 3.05) is 37.0 Å². The van der Waals surface area contributed by atoms with Gasteiger partial charge in [0.25, 0.3) is 5.91 Å². The molecular formula is C22H23N3O2S. The standard InChI is InChI=1S/C22H23N3O2S/c1-15-5-3-6-16(13-15)23-18-14-19(22(26)25-9-11-28-12-10-25)24-21-17(18)7-4-8-20(21)27-2/h3-8,13-14H,9-12H2,1-2H3,(H,23,24). The molecule has 1 fully saturated rings. The molecule has 1 aliphatic rings. The maximum atomic E-state index is 13.1. The number of thioether (sulfide) groups is 1. The number of aromatic nitrogens is 1. The van der Waals surface area contributed by atoms with Gasteiger partial charge in [0.2, 0.25) is 0 Å². The molecule has 0 radical (unpaired) electrons. The van der Waals surface area contributed by atoms with Crippen molar-refractivity contribution in [1.82, 2.24) is 9.88 Å². The van der Waals surface area contributed by atoms with Gasteiger partial charge in [0.1, 0.15) is 17.0 Å². The number of aryl methyl sites for hydroxylation is 1. The minimum absolute atomic E-state index is 0.0274. The number of carbonyl (C=O) groups excluding carboxylic acids is 1. The summed E-state index contributed by atoms with van der Waals surface area (Å²) in [6.45, 7) is 3.58. The lowest BCUT2D eigenvalue weighted by Gasteiger charge is -2.26. The fourth-order valence-corrected chi connectivity index (χ4v) is 4.31. The molecule has 0 saturated carbocycles. The number of fused-ring (bicyclic) bond motifs is 1. The minimum Gasteiger partial charge on any atom is -0.494 e. The van der Waals surface area contributed by atoms with Crippen LogP contribution in [0.3, 0.4) is 0 Å². The number of pyridine rings is 1. The molecule has 144 valence electrons. The zero-order chi connectivity index (χ0) is 19.5. The zero-order valence-corrected chi connectivity index (χ0v) is 16.9. The Balaban J connectivity index is 1.81. The molecule has 0 aliphatic carbocycles. The van der Waals surface area contributed by atoms with E-state index >= 15 is 0 Å². The van der Waals surface area contributed by atoms with Gasteiger partial charge in [0, 0.05) is 35.7 Å². The van der Waals surface area contributed by atoms with Gasteiger partial charge >= 0.3 is 0 Å². The number of amides is 1.